The van der Waals surface area contributed by atoms with E-state index in [4.69, 9.17) is 11.6 Å². The number of anilines is 1. The molecule has 1 aliphatic rings. The third-order valence-corrected chi connectivity index (χ3v) is 5.27. The van der Waals surface area contributed by atoms with Crippen molar-refractivity contribution < 1.29 is 19.1 Å². The van der Waals surface area contributed by atoms with Crippen molar-refractivity contribution in [3.63, 3.8) is 0 Å². The number of aliphatic imine (C=N–C) groups is 1. The average Bonchev–Trinajstić information content (AvgIpc) is 2.99. The standard InChI is InChI=1S/C18H22ClN3O4S/c1-26-16(24)9-3-2-6-10-20-18-22-17(25)14(27-18)11-15(23)21-13-8-5-4-7-12(13)19/h4-5,7-8,14H,2-3,6,9-11H2,1H3,(H,21,23)(H,20,22,25)/t14-/m1/s1. The van der Waals surface area contributed by atoms with Gasteiger partial charge in [0, 0.05) is 19.4 Å². The summed E-state index contributed by atoms with van der Waals surface area (Å²) in [5.74, 6) is -0.712. The first-order chi connectivity index (χ1) is 13.0. The molecule has 1 heterocycles. The van der Waals surface area contributed by atoms with Crippen LogP contribution in [0.25, 0.3) is 0 Å². The van der Waals surface area contributed by atoms with Gasteiger partial charge >= 0.3 is 5.97 Å². The number of rotatable bonds is 9. The maximum Gasteiger partial charge on any atom is 0.305 e. The number of carbonyl (C=O) groups is 3. The lowest BCUT2D eigenvalue weighted by Crippen LogP contribution is -2.28. The van der Waals surface area contributed by atoms with Gasteiger partial charge in [0.2, 0.25) is 11.8 Å². The fraction of sp³-hybridized carbons (Fsp3) is 0.444. The molecule has 2 N–H and O–H groups in total. The van der Waals surface area contributed by atoms with E-state index in [1.807, 2.05) is 0 Å². The summed E-state index contributed by atoms with van der Waals surface area (Å²) in [5, 5.41) is 5.88. The summed E-state index contributed by atoms with van der Waals surface area (Å²) in [6, 6.07) is 6.93. The zero-order valence-electron chi connectivity index (χ0n) is 15.0. The Morgan fingerprint density at radius 2 is 2.07 bits per heavy atom. The second kappa shape index (κ2) is 10.9. The van der Waals surface area contributed by atoms with Crippen molar-refractivity contribution in [2.24, 2.45) is 4.99 Å². The van der Waals surface area contributed by atoms with E-state index in [0.29, 0.717) is 28.8 Å². The number of unbranched alkanes of at least 4 members (excludes halogenated alkanes) is 2. The van der Waals surface area contributed by atoms with E-state index < -0.39 is 5.25 Å². The zero-order chi connectivity index (χ0) is 19.6. The number of hydrogen-bond acceptors (Lipinski definition) is 6. The minimum absolute atomic E-state index is 0.0415. The molecule has 1 atom stereocenters. The lowest BCUT2D eigenvalue weighted by molar-refractivity contribution is -0.140. The van der Waals surface area contributed by atoms with Gasteiger partial charge in [-0.05, 0) is 25.0 Å². The minimum atomic E-state index is -0.509. The molecule has 27 heavy (non-hydrogen) atoms. The van der Waals surface area contributed by atoms with Gasteiger partial charge < -0.3 is 15.4 Å². The van der Waals surface area contributed by atoms with Crippen LogP contribution in [0, 0.1) is 0 Å². The Bertz CT molecular complexity index is 726. The molecular formula is C18H22ClN3O4S. The van der Waals surface area contributed by atoms with E-state index in [1.54, 1.807) is 24.3 Å². The van der Waals surface area contributed by atoms with Crippen LogP contribution in [0.5, 0.6) is 0 Å². The predicted octanol–water partition coefficient (Wildman–Crippen LogP) is 2.99. The number of nitrogens with one attached hydrogen (secondary N) is 2. The quantitative estimate of drug-likeness (QED) is 0.481. The maximum atomic E-state index is 12.1. The fourth-order valence-corrected chi connectivity index (χ4v) is 3.57. The molecule has 0 saturated carbocycles. The molecule has 0 bridgehead atoms. The van der Waals surface area contributed by atoms with Crippen molar-refractivity contribution in [3.8, 4) is 0 Å². The van der Waals surface area contributed by atoms with Crippen molar-refractivity contribution >= 4 is 52.0 Å². The Kier molecular flexibility index (Phi) is 8.60. The van der Waals surface area contributed by atoms with Crippen LogP contribution in [0.1, 0.15) is 32.1 Å². The summed E-state index contributed by atoms with van der Waals surface area (Å²) in [7, 11) is 1.37. The normalized spacial score (nSPS) is 17.6. The molecule has 0 radical (unpaired) electrons. The van der Waals surface area contributed by atoms with Crippen molar-refractivity contribution in [2.45, 2.75) is 37.4 Å². The van der Waals surface area contributed by atoms with Gasteiger partial charge in [-0.1, -0.05) is 41.9 Å². The lowest BCUT2D eigenvalue weighted by Gasteiger charge is -2.08. The second-order valence-electron chi connectivity index (χ2n) is 5.90. The number of amides is 2. The van der Waals surface area contributed by atoms with Crippen molar-refractivity contribution in [3.05, 3.63) is 29.3 Å². The molecule has 2 rings (SSSR count). The molecule has 0 aromatic heterocycles. The lowest BCUT2D eigenvalue weighted by atomic mass is 10.2. The van der Waals surface area contributed by atoms with Crippen LogP contribution in [0.15, 0.2) is 29.3 Å². The molecule has 0 unspecified atom stereocenters. The summed E-state index contributed by atoms with van der Waals surface area (Å²) in [5.41, 5.74) is 0.522. The molecule has 1 aliphatic heterocycles. The third kappa shape index (κ3) is 7.22. The number of hydrogen-bond donors (Lipinski definition) is 2. The smallest absolute Gasteiger partial charge is 0.305 e. The molecule has 146 valence electrons. The fourth-order valence-electron chi connectivity index (χ4n) is 2.39. The molecule has 1 saturated heterocycles. The first-order valence-electron chi connectivity index (χ1n) is 8.62. The second-order valence-corrected chi connectivity index (χ2v) is 7.50. The Hall–Kier alpha value is -2.06. The van der Waals surface area contributed by atoms with Gasteiger partial charge in [0.25, 0.3) is 0 Å². The largest absolute Gasteiger partial charge is 0.469 e. The van der Waals surface area contributed by atoms with E-state index in [2.05, 4.69) is 20.4 Å². The Balaban J connectivity index is 1.72. The summed E-state index contributed by atoms with van der Waals surface area (Å²) >= 11 is 7.27. The van der Waals surface area contributed by atoms with E-state index in [9.17, 15) is 14.4 Å². The first-order valence-corrected chi connectivity index (χ1v) is 9.88. The van der Waals surface area contributed by atoms with Gasteiger partial charge in [0.05, 0.1) is 17.8 Å². The number of ether oxygens (including phenoxy) is 1. The Morgan fingerprint density at radius 3 is 2.81 bits per heavy atom. The highest BCUT2D eigenvalue weighted by molar-refractivity contribution is 8.15. The molecule has 0 aliphatic carbocycles. The molecule has 7 nitrogen and oxygen atoms in total. The van der Waals surface area contributed by atoms with Gasteiger partial charge in [-0.25, -0.2) is 0 Å². The zero-order valence-corrected chi connectivity index (χ0v) is 16.6. The molecule has 2 amide bonds. The predicted molar refractivity (Wildman–Crippen MR) is 107 cm³/mol. The number of carbonyl (C=O) groups excluding carboxylic acids is 3. The number of nitrogens with zero attached hydrogens (tertiary/aromatic N) is 1. The monoisotopic (exact) mass is 411 g/mol. The maximum absolute atomic E-state index is 12.1. The number of methoxy groups -OCH3 is 1. The van der Waals surface area contributed by atoms with Gasteiger partial charge in [-0.15, -0.1) is 0 Å². The van der Waals surface area contributed by atoms with Crippen LogP contribution in [0.2, 0.25) is 5.02 Å². The summed E-state index contributed by atoms with van der Waals surface area (Å²) < 4.78 is 4.58. The molecular weight excluding hydrogens is 390 g/mol. The van der Waals surface area contributed by atoms with Crippen LogP contribution in [-0.2, 0) is 19.1 Å². The summed E-state index contributed by atoms with van der Waals surface area (Å²) in [6.45, 7) is 0.558. The number of para-hydroxylation sites is 1. The SMILES string of the molecule is COC(=O)CCCCCN=C1NC(=O)[C@@H](CC(=O)Nc2ccccc2Cl)S1. The number of esters is 1. The van der Waals surface area contributed by atoms with E-state index in [0.717, 1.165) is 19.3 Å². The minimum Gasteiger partial charge on any atom is -0.469 e. The Morgan fingerprint density at radius 1 is 1.30 bits per heavy atom. The molecule has 1 aromatic carbocycles. The highest BCUT2D eigenvalue weighted by Crippen LogP contribution is 2.25. The Labute approximate surface area is 167 Å². The number of benzene rings is 1. The van der Waals surface area contributed by atoms with E-state index >= 15 is 0 Å². The summed E-state index contributed by atoms with van der Waals surface area (Å²) in [4.78, 5) is 39.5. The average molecular weight is 412 g/mol. The summed E-state index contributed by atoms with van der Waals surface area (Å²) in [6.07, 6.45) is 2.87. The van der Waals surface area contributed by atoms with Gasteiger partial charge in [-0.2, -0.15) is 0 Å². The number of amidine groups is 1. The van der Waals surface area contributed by atoms with Crippen LogP contribution in [0.3, 0.4) is 0 Å². The van der Waals surface area contributed by atoms with Gasteiger partial charge in [-0.3, -0.25) is 19.4 Å². The molecule has 1 aromatic rings. The number of thioether (sulfide) groups is 1. The highest BCUT2D eigenvalue weighted by atomic mass is 35.5. The molecule has 1 fully saturated rings. The number of halogens is 1. The molecule has 9 heteroatoms. The van der Waals surface area contributed by atoms with Crippen molar-refractivity contribution in [1.82, 2.24) is 5.32 Å². The third-order valence-electron chi connectivity index (χ3n) is 3.82. The van der Waals surface area contributed by atoms with Crippen molar-refractivity contribution in [2.75, 3.05) is 19.0 Å². The van der Waals surface area contributed by atoms with Crippen LogP contribution < -0.4 is 10.6 Å². The van der Waals surface area contributed by atoms with E-state index in [-0.39, 0.29) is 24.2 Å². The van der Waals surface area contributed by atoms with Crippen LogP contribution >= 0.6 is 23.4 Å². The van der Waals surface area contributed by atoms with Crippen LogP contribution in [0.4, 0.5) is 5.69 Å². The van der Waals surface area contributed by atoms with Crippen LogP contribution in [-0.4, -0.2) is 41.9 Å². The topological polar surface area (TPSA) is 96.9 Å². The van der Waals surface area contributed by atoms with Gasteiger partial charge in [0.15, 0.2) is 5.17 Å². The van der Waals surface area contributed by atoms with E-state index in [1.165, 1.54) is 18.9 Å². The highest BCUT2D eigenvalue weighted by Gasteiger charge is 2.32. The van der Waals surface area contributed by atoms with Gasteiger partial charge in [0.1, 0.15) is 5.25 Å². The molecule has 0 spiro atoms. The first kappa shape index (κ1) is 21.2. The van der Waals surface area contributed by atoms with Crippen molar-refractivity contribution in [1.29, 1.82) is 0 Å².